The zero-order valence-electron chi connectivity index (χ0n) is 57.0. The van der Waals surface area contributed by atoms with Crippen molar-refractivity contribution in [3.8, 4) is 0 Å². The van der Waals surface area contributed by atoms with Gasteiger partial charge in [0.15, 0.2) is 6.10 Å². The Bertz CT molecular complexity index is 1590. The summed E-state index contributed by atoms with van der Waals surface area (Å²) in [6.07, 6.45) is 76.0. The maximum atomic E-state index is 13.0. The topological polar surface area (TPSA) is 142 Å². The smallest absolute Gasteiger partial charge is 0.306 e. The Morgan fingerprint density at radius 1 is 0.314 bits per heavy atom. The quantitative estimate of drug-likeness (QED) is 0.0272. The third-order valence-corrected chi connectivity index (χ3v) is 16.9. The van der Waals surface area contributed by atoms with Gasteiger partial charge < -0.3 is 19.9 Å². The van der Waals surface area contributed by atoms with Gasteiger partial charge in [0.05, 0.1) is 0 Å². The Labute approximate surface area is 531 Å². The van der Waals surface area contributed by atoms with Gasteiger partial charge >= 0.3 is 17.9 Å². The molecule has 2 N–H and O–H groups in total. The fourth-order valence-electron chi connectivity index (χ4n) is 11.2. The van der Waals surface area contributed by atoms with Crippen molar-refractivity contribution in [3.05, 3.63) is 36.5 Å². The summed E-state index contributed by atoms with van der Waals surface area (Å²) in [4.78, 5) is 65.8. The summed E-state index contributed by atoms with van der Waals surface area (Å²) in [5.41, 5.74) is 5.80. The zero-order chi connectivity index (χ0) is 62.5. The second kappa shape index (κ2) is 69.2. The Morgan fingerprint density at radius 3 is 0.872 bits per heavy atom. The van der Waals surface area contributed by atoms with Gasteiger partial charge in [-0.05, 0) is 89.9 Å². The summed E-state index contributed by atoms with van der Waals surface area (Å²) in [6.45, 7) is 7.20. The van der Waals surface area contributed by atoms with E-state index in [1.54, 1.807) is 0 Å². The highest BCUT2D eigenvalue weighted by Gasteiger charge is 2.21. The number of imide groups is 1. The third-order valence-electron chi connectivity index (χ3n) is 16.9. The number of hydrogen-bond donors (Lipinski definition) is 1. The van der Waals surface area contributed by atoms with E-state index in [1.165, 1.54) is 204 Å². The Balaban J connectivity index is 4.34. The molecule has 1 unspecified atom stereocenters. The normalized spacial score (nSPS) is 12.0. The van der Waals surface area contributed by atoms with Crippen LogP contribution in [0.1, 0.15) is 387 Å². The van der Waals surface area contributed by atoms with Gasteiger partial charge in [-0.2, -0.15) is 0 Å². The van der Waals surface area contributed by atoms with Gasteiger partial charge in [-0.1, -0.05) is 301 Å². The average Bonchev–Trinajstić information content (AvgIpc) is 3.69. The minimum absolute atomic E-state index is 0.0602. The van der Waals surface area contributed by atoms with Crippen molar-refractivity contribution in [1.82, 2.24) is 4.90 Å². The number of unbranched alkanes of at least 4 members (excludes halogenated alkanes) is 45. The largest absolute Gasteiger partial charge is 0.462 e. The van der Waals surface area contributed by atoms with E-state index in [0.29, 0.717) is 45.2 Å². The summed E-state index contributed by atoms with van der Waals surface area (Å²) >= 11 is 0. The maximum Gasteiger partial charge on any atom is 0.306 e. The molecule has 0 heterocycles. The van der Waals surface area contributed by atoms with E-state index < -0.39 is 6.10 Å². The number of hydrogen-bond acceptors (Lipinski definition) is 9. The molecule has 0 aromatic carbocycles. The summed E-state index contributed by atoms with van der Waals surface area (Å²) in [5, 5.41) is 0. The van der Waals surface area contributed by atoms with Gasteiger partial charge in [0.2, 0.25) is 11.8 Å². The number of carbonyl (C=O) groups is 5. The van der Waals surface area contributed by atoms with Crippen LogP contribution in [0.25, 0.3) is 0 Å². The lowest BCUT2D eigenvalue weighted by Crippen LogP contribution is -2.40. The number of amides is 2. The van der Waals surface area contributed by atoms with Gasteiger partial charge in [0.1, 0.15) is 13.2 Å². The fraction of sp³-hybridized carbons (Fsp3) is 0.855. The number of ether oxygens (including phenoxy) is 3. The molecule has 2 amide bonds. The molecule has 0 aromatic rings. The molecule has 0 saturated heterocycles. The first-order valence-corrected chi connectivity index (χ1v) is 37.3. The van der Waals surface area contributed by atoms with E-state index in [0.717, 1.165) is 135 Å². The molecule has 1 atom stereocenters. The molecular formula is C76H140N2O8. The number of esters is 3. The Kier molecular flexibility index (Phi) is 66.6. The van der Waals surface area contributed by atoms with Gasteiger partial charge in [-0.25, -0.2) is 0 Å². The van der Waals surface area contributed by atoms with Crippen LogP contribution < -0.4 is 5.73 Å². The predicted octanol–water partition coefficient (Wildman–Crippen LogP) is 22.3. The van der Waals surface area contributed by atoms with Crippen LogP contribution in [0.5, 0.6) is 0 Å². The molecule has 0 rings (SSSR count). The van der Waals surface area contributed by atoms with Crippen LogP contribution in [0.4, 0.5) is 0 Å². The molecule has 0 fully saturated rings. The molecule has 0 aliphatic carbocycles. The van der Waals surface area contributed by atoms with Crippen LogP contribution in [-0.4, -0.2) is 67.0 Å². The molecule has 0 aromatic heterocycles. The molecule has 0 spiro atoms. The monoisotopic (exact) mass is 1210 g/mol. The minimum Gasteiger partial charge on any atom is -0.462 e. The molecule has 10 nitrogen and oxygen atoms in total. The van der Waals surface area contributed by atoms with Gasteiger partial charge in [-0.3, -0.25) is 28.9 Å². The summed E-state index contributed by atoms with van der Waals surface area (Å²) in [5.74, 6) is -1.06. The predicted molar refractivity (Wildman–Crippen MR) is 365 cm³/mol. The van der Waals surface area contributed by atoms with Crippen molar-refractivity contribution in [2.75, 3.05) is 26.3 Å². The van der Waals surface area contributed by atoms with Crippen LogP contribution in [0, 0.1) is 0 Å². The summed E-state index contributed by atoms with van der Waals surface area (Å²) in [6, 6.07) is 0. The van der Waals surface area contributed by atoms with Crippen LogP contribution >= 0.6 is 0 Å². The van der Waals surface area contributed by atoms with Crippen molar-refractivity contribution >= 4 is 29.7 Å². The molecule has 0 radical (unpaired) electrons. The molecule has 502 valence electrons. The van der Waals surface area contributed by atoms with Crippen molar-refractivity contribution in [2.24, 2.45) is 5.73 Å². The second-order valence-electron chi connectivity index (χ2n) is 25.3. The number of allylic oxidation sites excluding steroid dienone is 6. The van der Waals surface area contributed by atoms with Crippen LogP contribution in [0.2, 0.25) is 0 Å². The van der Waals surface area contributed by atoms with Crippen molar-refractivity contribution in [3.63, 3.8) is 0 Å². The molecule has 0 aliphatic heterocycles. The number of nitrogens with two attached hydrogens (primary N) is 1. The zero-order valence-corrected chi connectivity index (χ0v) is 57.0. The van der Waals surface area contributed by atoms with E-state index in [-0.39, 0.29) is 42.9 Å². The third kappa shape index (κ3) is 62.3. The number of rotatable bonds is 68. The van der Waals surface area contributed by atoms with E-state index in [1.807, 2.05) is 0 Å². The lowest BCUT2D eigenvalue weighted by atomic mass is 10.0. The van der Waals surface area contributed by atoms with E-state index in [4.69, 9.17) is 19.9 Å². The Morgan fingerprint density at radius 2 is 0.558 bits per heavy atom. The molecular weight excluding hydrogens is 1070 g/mol. The van der Waals surface area contributed by atoms with Crippen molar-refractivity contribution in [2.45, 2.75) is 393 Å². The Hall–Kier alpha value is -3.27. The van der Waals surface area contributed by atoms with E-state index >= 15 is 0 Å². The highest BCUT2D eigenvalue weighted by atomic mass is 16.6. The average molecular weight is 1210 g/mol. The minimum atomic E-state index is -0.807. The van der Waals surface area contributed by atoms with E-state index in [2.05, 4.69) is 57.2 Å². The summed E-state index contributed by atoms with van der Waals surface area (Å²) < 4.78 is 16.9. The molecule has 0 bridgehead atoms. The van der Waals surface area contributed by atoms with Gasteiger partial charge in [0.25, 0.3) is 0 Å². The summed E-state index contributed by atoms with van der Waals surface area (Å²) in [7, 11) is 0. The van der Waals surface area contributed by atoms with Crippen LogP contribution in [0.3, 0.4) is 0 Å². The molecule has 0 aliphatic rings. The molecule has 10 heteroatoms. The number of carbonyl (C=O) groups excluding carboxylic acids is 5. The van der Waals surface area contributed by atoms with Crippen LogP contribution in [-0.2, 0) is 38.2 Å². The lowest BCUT2D eigenvalue weighted by Gasteiger charge is -2.20. The highest BCUT2D eigenvalue weighted by molar-refractivity contribution is 5.95. The first-order valence-electron chi connectivity index (χ1n) is 37.3. The van der Waals surface area contributed by atoms with Gasteiger partial charge in [0, 0.05) is 45.2 Å². The molecule has 86 heavy (non-hydrogen) atoms. The van der Waals surface area contributed by atoms with Gasteiger partial charge in [-0.15, -0.1) is 0 Å². The van der Waals surface area contributed by atoms with Crippen molar-refractivity contribution in [1.29, 1.82) is 0 Å². The standard InChI is InChI=1S/C76H140N2O8/c1-4-7-10-13-16-19-22-25-28-32-37-42-47-52-57-62-72(79)78(68-67-77)73(80)63-58-53-48-43-38-33-31-36-40-45-50-55-60-65-75(82)85-70-71(86-76(83)66-61-56-51-46-41-35-30-27-24-21-18-15-12-9-6-3)69-84-74(81)64-59-54-49-44-39-34-29-26-23-20-17-14-11-8-5-2/h18,21,25,27-28,30,71H,4-17,19-20,22-24,26,29,31-70,77H2,1-3H3. The first kappa shape index (κ1) is 82.7. The van der Waals surface area contributed by atoms with E-state index in [9.17, 15) is 24.0 Å². The highest BCUT2D eigenvalue weighted by Crippen LogP contribution is 2.18. The maximum absolute atomic E-state index is 13.0. The lowest BCUT2D eigenvalue weighted by molar-refractivity contribution is -0.167. The number of nitrogens with zero attached hydrogens (tertiary/aromatic N) is 1. The SMILES string of the molecule is CCCCCC=CCC=CCCCCCCCC(=O)OC(COC(=O)CCCCCCCCCCCCCCCCC)COC(=O)CCCCCCCCCCCCCCCC(=O)N(CCN)C(=O)CCCCCCCC=CCCCCCCCC. The molecule has 0 saturated carbocycles. The first-order chi connectivity index (χ1) is 42.3. The fourth-order valence-corrected chi connectivity index (χ4v) is 11.2. The second-order valence-corrected chi connectivity index (χ2v) is 25.3. The van der Waals surface area contributed by atoms with Crippen molar-refractivity contribution < 1.29 is 38.2 Å². The van der Waals surface area contributed by atoms with Crippen LogP contribution in [0.15, 0.2) is 36.5 Å².